The number of carbonyl (C=O) groups is 2. The van der Waals surface area contributed by atoms with Crippen molar-refractivity contribution in [3.05, 3.63) is 34.9 Å². The number of aliphatic carboxylic acids is 1. The van der Waals surface area contributed by atoms with Gasteiger partial charge in [-0.25, -0.2) is 0 Å². The summed E-state index contributed by atoms with van der Waals surface area (Å²) < 4.78 is 0. The van der Waals surface area contributed by atoms with E-state index in [1.54, 1.807) is 6.07 Å². The average molecular weight is 277 g/mol. The van der Waals surface area contributed by atoms with Crippen LogP contribution in [0.15, 0.2) is 18.2 Å². The molecule has 5 nitrogen and oxygen atoms in total. The summed E-state index contributed by atoms with van der Waals surface area (Å²) in [4.78, 5) is 22.4. The molecular formula is C15H19NO4. The highest BCUT2D eigenvalue weighted by Gasteiger charge is 2.17. The van der Waals surface area contributed by atoms with Gasteiger partial charge in [0.2, 0.25) is 0 Å². The van der Waals surface area contributed by atoms with Gasteiger partial charge in [-0.3, -0.25) is 9.59 Å². The van der Waals surface area contributed by atoms with E-state index in [9.17, 15) is 14.7 Å². The van der Waals surface area contributed by atoms with Crippen molar-refractivity contribution in [1.29, 1.82) is 0 Å². The summed E-state index contributed by atoms with van der Waals surface area (Å²) in [6.07, 6.45) is 1.88. The maximum Gasteiger partial charge on any atom is 0.303 e. The van der Waals surface area contributed by atoms with Crippen molar-refractivity contribution >= 4 is 11.9 Å². The molecule has 20 heavy (non-hydrogen) atoms. The number of hydrogen-bond donors (Lipinski definition) is 3. The third-order valence-corrected chi connectivity index (χ3v) is 3.54. The number of nitrogens with one attached hydrogen (secondary N) is 1. The second-order valence-corrected chi connectivity index (χ2v) is 5.08. The molecule has 1 amide bonds. The summed E-state index contributed by atoms with van der Waals surface area (Å²) in [7, 11) is 0. The molecule has 0 radical (unpaired) electrons. The van der Waals surface area contributed by atoms with E-state index in [-0.39, 0.29) is 12.3 Å². The molecule has 1 aliphatic heterocycles. The van der Waals surface area contributed by atoms with Crippen molar-refractivity contribution in [1.82, 2.24) is 5.32 Å². The van der Waals surface area contributed by atoms with E-state index < -0.39 is 12.1 Å². The smallest absolute Gasteiger partial charge is 0.303 e. The van der Waals surface area contributed by atoms with Crippen LogP contribution in [0, 0.1) is 0 Å². The number of carboxylic acid groups (broad SMARTS) is 1. The van der Waals surface area contributed by atoms with Gasteiger partial charge in [0.25, 0.3) is 5.91 Å². The van der Waals surface area contributed by atoms with Crippen LogP contribution in [0.3, 0.4) is 0 Å². The topological polar surface area (TPSA) is 86.6 Å². The summed E-state index contributed by atoms with van der Waals surface area (Å²) >= 11 is 0. The molecule has 1 aromatic rings. The van der Waals surface area contributed by atoms with E-state index in [1.165, 1.54) is 0 Å². The number of fused-ring (bicyclic) bond motifs is 1. The number of rotatable bonds is 5. The molecule has 1 heterocycles. The highest BCUT2D eigenvalue weighted by atomic mass is 16.4. The van der Waals surface area contributed by atoms with E-state index in [4.69, 9.17) is 5.11 Å². The van der Waals surface area contributed by atoms with Crippen molar-refractivity contribution in [3.63, 3.8) is 0 Å². The number of aliphatic hydroxyl groups is 1. The summed E-state index contributed by atoms with van der Waals surface area (Å²) in [5.41, 5.74) is 2.30. The Morgan fingerprint density at radius 3 is 2.95 bits per heavy atom. The molecule has 3 N–H and O–H groups in total. The van der Waals surface area contributed by atoms with Crippen LogP contribution in [0.1, 0.15) is 53.3 Å². The Hall–Kier alpha value is -1.88. The predicted molar refractivity (Wildman–Crippen MR) is 73.5 cm³/mol. The second-order valence-electron chi connectivity index (χ2n) is 5.08. The fraction of sp³-hybridized carbons (Fsp3) is 0.467. The molecule has 0 fully saturated rings. The van der Waals surface area contributed by atoms with Crippen molar-refractivity contribution in [2.24, 2.45) is 0 Å². The number of aryl methyl sites for hydroxylation is 1. The predicted octanol–water partition coefficient (Wildman–Crippen LogP) is 1.65. The lowest BCUT2D eigenvalue weighted by atomic mass is 9.96. The Labute approximate surface area is 117 Å². The first-order chi connectivity index (χ1) is 9.58. The molecule has 1 unspecified atom stereocenters. The van der Waals surface area contributed by atoms with Crippen LogP contribution in [-0.4, -0.2) is 28.6 Å². The molecule has 0 aliphatic carbocycles. The van der Waals surface area contributed by atoms with Gasteiger partial charge in [0.05, 0.1) is 6.10 Å². The standard InChI is InChI=1S/C15H19NO4/c17-13(4-1-5-14(18)19)11-7-6-10-3-2-8-16-15(20)12(10)9-11/h6-7,9,13,17H,1-5,8H2,(H,16,20)(H,18,19). The molecule has 0 saturated heterocycles. The summed E-state index contributed by atoms with van der Waals surface area (Å²) in [5, 5.41) is 21.5. The fourth-order valence-corrected chi connectivity index (χ4v) is 2.42. The van der Waals surface area contributed by atoms with Gasteiger partial charge >= 0.3 is 5.97 Å². The number of carboxylic acids is 1. The van der Waals surface area contributed by atoms with Gasteiger partial charge in [-0.15, -0.1) is 0 Å². The van der Waals surface area contributed by atoms with Gasteiger partial charge in [-0.2, -0.15) is 0 Å². The zero-order chi connectivity index (χ0) is 14.5. The second kappa shape index (κ2) is 6.52. The first-order valence-electron chi connectivity index (χ1n) is 6.89. The maximum absolute atomic E-state index is 11.9. The number of hydrogen-bond acceptors (Lipinski definition) is 3. The van der Waals surface area contributed by atoms with Gasteiger partial charge < -0.3 is 15.5 Å². The van der Waals surface area contributed by atoms with Crippen LogP contribution in [0.4, 0.5) is 0 Å². The largest absolute Gasteiger partial charge is 0.481 e. The average Bonchev–Trinajstić information content (AvgIpc) is 2.60. The first-order valence-corrected chi connectivity index (χ1v) is 6.89. The van der Waals surface area contributed by atoms with E-state index in [2.05, 4.69) is 5.32 Å². The minimum Gasteiger partial charge on any atom is -0.481 e. The fourth-order valence-electron chi connectivity index (χ4n) is 2.42. The van der Waals surface area contributed by atoms with Crippen LogP contribution in [0.2, 0.25) is 0 Å². The summed E-state index contributed by atoms with van der Waals surface area (Å²) in [6.45, 7) is 0.671. The van der Waals surface area contributed by atoms with Gasteiger partial charge in [0, 0.05) is 18.5 Å². The number of carbonyl (C=O) groups excluding carboxylic acids is 1. The van der Waals surface area contributed by atoms with Crippen LogP contribution < -0.4 is 5.32 Å². The van der Waals surface area contributed by atoms with Crippen molar-refractivity contribution in [2.75, 3.05) is 6.54 Å². The molecule has 0 aromatic heterocycles. The zero-order valence-electron chi connectivity index (χ0n) is 11.3. The van der Waals surface area contributed by atoms with E-state index in [1.807, 2.05) is 12.1 Å². The molecule has 0 spiro atoms. The molecule has 2 rings (SSSR count). The Kier molecular flexibility index (Phi) is 4.74. The monoisotopic (exact) mass is 277 g/mol. The van der Waals surface area contributed by atoms with Gasteiger partial charge in [-0.1, -0.05) is 12.1 Å². The lowest BCUT2D eigenvalue weighted by molar-refractivity contribution is -0.137. The molecule has 108 valence electrons. The molecular weight excluding hydrogens is 258 g/mol. The van der Waals surface area contributed by atoms with E-state index >= 15 is 0 Å². The highest BCUT2D eigenvalue weighted by molar-refractivity contribution is 5.96. The minimum absolute atomic E-state index is 0.0441. The van der Waals surface area contributed by atoms with Crippen LogP contribution in [0.5, 0.6) is 0 Å². The van der Waals surface area contributed by atoms with Gasteiger partial charge in [0.1, 0.15) is 0 Å². The molecule has 1 atom stereocenters. The van der Waals surface area contributed by atoms with Gasteiger partial charge in [0.15, 0.2) is 0 Å². The maximum atomic E-state index is 11.9. The Morgan fingerprint density at radius 2 is 2.20 bits per heavy atom. The summed E-state index contributed by atoms with van der Waals surface area (Å²) in [5.74, 6) is -0.962. The Balaban J connectivity index is 2.09. The normalized spacial score (nSPS) is 15.9. The third-order valence-electron chi connectivity index (χ3n) is 3.54. The third kappa shape index (κ3) is 3.57. The Morgan fingerprint density at radius 1 is 1.40 bits per heavy atom. The SMILES string of the molecule is O=C(O)CCCC(O)c1ccc2c(c1)C(=O)NCCC2. The molecule has 1 aromatic carbocycles. The Bertz CT molecular complexity index is 513. The quantitative estimate of drug-likeness (QED) is 0.763. The number of amides is 1. The van der Waals surface area contributed by atoms with Crippen LogP contribution in [-0.2, 0) is 11.2 Å². The molecule has 1 aliphatic rings. The van der Waals surface area contributed by atoms with E-state index in [0.29, 0.717) is 30.5 Å². The van der Waals surface area contributed by atoms with Crippen molar-refractivity contribution in [3.8, 4) is 0 Å². The van der Waals surface area contributed by atoms with E-state index in [0.717, 1.165) is 18.4 Å². The lowest BCUT2D eigenvalue weighted by Crippen LogP contribution is -2.22. The van der Waals surface area contributed by atoms with Crippen LogP contribution >= 0.6 is 0 Å². The van der Waals surface area contributed by atoms with Crippen LogP contribution in [0.25, 0.3) is 0 Å². The minimum atomic E-state index is -0.862. The summed E-state index contributed by atoms with van der Waals surface area (Å²) in [6, 6.07) is 5.43. The van der Waals surface area contributed by atoms with Crippen molar-refractivity contribution < 1.29 is 19.8 Å². The molecule has 0 saturated carbocycles. The lowest BCUT2D eigenvalue weighted by Gasteiger charge is -2.13. The number of benzene rings is 1. The van der Waals surface area contributed by atoms with Gasteiger partial charge in [-0.05, 0) is 42.9 Å². The highest BCUT2D eigenvalue weighted by Crippen LogP contribution is 2.24. The zero-order valence-corrected chi connectivity index (χ0v) is 11.3. The molecule has 0 bridgehead atoms. The first kappa shape index (κ1) is 14.5. The molecule has 5 heteroatoms. The van der Waals surface area contributed by atoms with Crippen molar-refractivity contribution in [2.45, 2.75) is 38.2 Å². The number of aliphatic hydroxyl groups excluding tert-OH is 1.